The number of rotatable bonds is 5. The number of para-hydroxylation sites is 1. The number of anilines is 1. The molecule has 110 valence electrons. The molecule has 1 heterocycles. The molecule has 20 heavy (non-hydrogen) atoms. The first-order valence-corrected chi connectivity index (χ1v) is 8.58. The minimum atomic E-state index is -2.85. The number of sulfone groups is 1. The predicted octanol–water partition coefficient (Wildman–Crippen LogP) is 1.04. The highest BCUT2D eigenvalue weighted by molar-refractivity contribution is 7.91. The molecule has 1 fully saturated rings. The average Bonchev–Trinajstić information content (AvgIpc) is 2.76. The molecule has 0 bridgehead atoms. The van der Waals surface area contributed by atoms with E-state index in [0.717, 1.165) is 5.69 Å². The van der Waals surface area contributed by atoms with Crippen LogP contribution < -0.4 is 10.6 Å². The Kier molecular flexibility index (Phi) is 4.77. The highest BCUT2D eigenvalue weighted by atomic mass is 32.2. The minimum Gasteiger partial charge on any atom is -0.325 e. The summed E-state index contributed by atoms with van der Waals surface area (Å²) in [6, 6.07) is 8.91. The van der Waals surface area contributed by atoms with Gasteiger partial charge in [0.05, 0.1) is 17.5 Å². The number of hydrogen-bond donors (Lipinski definition) is 2. The Morgan fingerprint density at radius 1 is 1.35 bits per heavy atom. The van der Waals surface area contributed by atoms with Crippen LogP contribution in [0.2, 0.25) is 0 Å². The third kappa shape index (κ3) is 4.31. The molecule has 0 spiro atoms. The van der Waals surface area contributed by atoms with E-state index in [4.69, 9.17) is 0 Å². The first-order chi connectivity index (χ1) is 9.46. The normalized spacial score (nSPS) is 22.4. The number of amides is 1. The van der Waals surface area contributed by atoms with Gasteiger partial charge in [-0.1, -0.05) is 18.2 Å². The van der Waals surface area contributed by atoms with Crippen molar-refractivity contribution in [3.63, 3.8) is 0 Å². The van der Waals surface area contributed by atoms with Crippen LogP contribution in [-0.4, -0.2) is 38.4 Å². The number of hydrogen-bond acceptors (Lipinski definition) is 4. The van der Waals surface area contributed by atoms with E-state index in [0.29, 0.717) is 13.0 Å². The van der Waals surface area contributed by atoms with Gasteiger partial charge in [-0.25, -0.2) is 8.42 Å². The standard InChI is InChI=1S/C14H20N2O3S/c1-11(14(17)16-13-5-3-2-4-6-13)15-9-12-7-8-20(18,19)10-12/h2-6,11-12,15H,7-10H2,1H3,(H,16,17). The first-order valence-electron chi connectivity index (χ1n) is 6.76. The lowest BCUT2D eigenvalue weighted by molar-refractivity contribution is -0.117. The van der Waals surface area contributed by atoms with Crippen molar-refractivity contribution < 1.29 is 13.2 Å². The highest BCUT2D eigenvalue weighted by Gasteiger charge is 2.28. The number of benzene rings is 1. The van der Waals surface area contributed by atoms with E-state index < -0.39 is 9.84 Å². The number of nitrogens with one attached hydrogen (secondary N) is 2. The summed E-state index contributed by atoms with van der Waals surface area (Å²) in [6.07, 6.45) is 0.683. The van der Waals surface area contributed by atoms with E-state index in [-0.39, 0.29) is 29.4 Å². The molecule has 1 aliphatic rings. The second-order valence-electron chi connectivity index (χ2n) is 5.25. The van der Waals surface area contributed by atoms with Gasteiger partial charge in [0, 0.05) is 5.69 Å². The summed E-state index contributed by atoms with van der Waals surface area (Å²) >= 11 is 0. The molecule has 2 atom stereocenters. The topological polar surface area (TPSA) is 75.3 Å². The van der Waals surface area contributed by atoms with E-state index in [1.807, 2.05) is 30.3 Å². The van der Waals surface area contributed by atoms with Crippen molar-refractivity contribution in [2.45, 2.75) is 19.4 Å². The van der Waals surface area contributed by atoms with Gasteiger partial charge < -0.3 is 10.6 Å². The molecule has 5 nitrogen and oxygen atoms in total. The minimum absolute atomic E-state index is 0.114. The van der Waals surface area contributed by atoms with Gasteiger partial charge in [-0.2, -0.15) is 0 Å². The van der Waals surface area contributed by atoms with Gasteiger partial charge in [0.1, 0.15) is 0 Å². The Hall–Kier alpha value is -1.40. The number of carbonyl (C=O) groups excluding carboxylic acids is 1. The Balaban J connectivity index is 1.77. The van der Waals surface area contributed by atoms with Gasteiger partial charge in [-0.05, 0) is 37.9 Å². The number of carbonyl (C=O) groups is 1. The molecule has 1 saturated heterocycles. The van der Waals surface area contributed by atoms with Crippen molar-refractivity contribution in [2.24, 2.45) is 5.92 Å². The quantitative estimate of drug-likeness (QED) is 0.851. The van der Waals surface area contributed by atoms with E-state index in [1.165, 1.54) is 0 Å². The largest absolute Gasteiger partial charge is 0.325 e. The van der Waals surface area contributed by atoms with Crippen LogP contribution in [0.1, 0.15) is 13.3 Å². The fourth-order valence-corrected chi connectivity index (χ4v) is 4.10. The molecule has 1 aromatic rings. The molecule has 0 saturated carbocycles. The monoisotopic (exact) mass is 296 g/mol. The molecule has 1 aromatic carbocycles. The Bertz CT molecular complexity index is 557. The summed E-state index contributed by atoms with van der Waals surface area (Å²) in [5.74, 6) is 0.501. The van der Waals surface area contributed by atoms with E-state index in [9.17, 15) is 13.2 Å². The van der Waals surface area contributed by atoms with Crippen LogP contribution in [0.3, 0.4) is 0 Å². The molecule has 1 aliphatic heterocycles. The zero-order valence-corrected chi connectivity index (χ0v) is 12.3. The van der Waals surface area contributed by atoms with Crippen molar-refractivity contribution in [3.8, 4) is 0 Å². The fraction of sp³-hybridized carbons (Fsp3) is 0.500. The van der Waals surface area contributed by atoms with E-state index >= 15 is 0 Å². The van der Waals surface area contributed by atoms with Gasteiger partial charge in [-0.3, -0.25) is 4.79 Å². The Morgan fingerprint density at radius 2 is 2.05 bits per heavy atom. The van der Waals surface area contributed by atoms with Gasteiger partial charge in [0.25, 0.3) is 0 Å². The molecule has 0 aliphatic carbocycles. The summed E-state index contributed by atoms with van der Waals surface area (Å²) in [4.78, 5) is 12.0. The lowest BCUT2D eigenvalue weighted by atomic mass is 10.1. The predicted molar refractivity (Wildman–Crippen MR) is 79.3 cm³/mol. The second-order valence-corrected chi connectivity index (χ2v) is 7.48. The van der Waals surface area contributed by atoms with Crippen molar-refractivity contribution in [1.29, 1.82) is 0 Å². The molecule has 2 N–H and O–H groups in total. The summed E-state index contributed by atoms with van der Waals surface area (Å²) < 4.78 is 22.7. The molecule has 6 heteroatoms. The molecule has 1 amide bonds. The van der Waals surface area contributed by atoms with Gasteiger partial charge in [0.2, 0.25) is 5.91 Å². The Labute approximate surface area is 119 Å². The maximum absolute atomic E-state index is 12.0. The van der Waals surface area contributed by atoms with Gasteiger partial charge >= 0.3 is 0 Å². The van der Waals surface area contributed by atoms with E-state index in [2.05, 4.69) is 10.6 Å². The third-order valence-corrected chi connectivity index (χ3v) is 5.31. The fourth-order valence-electron chi connectivity index (χ4n) is 2.24. The zero-order valence-electron chi connectivity index (χ0n) is 11.5. The second kappa shape index (κ2) is 6.37. The molecular weight excluding hydrogens is 276 g/mol. The van der Waals surface area contributed by atoms with Crippen molar-refractivity contribution >= 4 is 21.4 Å². The SMILES string of the molecule is CC(NCC1CCS(=O)(=O)C1)C(=O)Nc1ccccc1. The Morgan fingerprint density at radius 3 is 2.65 bits per heavy atom. The molecule has 2 unspecified atom stereocenters. The van der Waals surface area contributed by atoms with Crippen LogP contribution in [0.25, 0.3) is 0 Å². The van der Waals surface area contributed by atoms with Gasteiger partial charge in [0.15, 0.2) is 9.84 Å². The van der Waals surface area contributed by atoms with Crippen LogP contribution in [0.15, 0.2) is 30.3 Å². The first kappa shape index (κ1) is 15.0. The van der Waals surface area contributed by atoms with Crippen molar-refractivity contribution in [3.05, 3.63) is 30.3 Å². The zero-order chi connectivity index (χ0) is 14.6. The maximum atomic E-state index is 12.0. The van der Waals surface area contributed by atoms with Crippen LogP contribution in [0.4, 0.5) is 5.69 Å². The highest BCUT2D eigenvalue weighted by Crippen LogP contribution is 2.17. The van der Waals surface area contributed by atoms with E-state index in [1.54, 1.807) is 6.92 Å². The van der Waals surface area contributed by atoms with Crippen molar-refractivity contribution in [2.75, 3.05) is 23.4 Å². The molecule has 2 rings (SSSR count). The van der Waals surface area contributed by atoms with Crippen molar-refractivity contribution in [1.82, 2.24) is 5.32 Å². The lowest BCUT2D eigenvalue weighted by Crippen LogP contribution is -2.40. The average molecular weight is 296 g/mol. The molecule has 0 aromatic heterocycles. The summed E-state index contributed by atoms with van der Waals surface area (Å²) in [5.41, 5.74) is 0.759. The van der Waals surface area contributed by atoms with Gasteiger partial charge in [-0.15, -0.1) is 0 Å². The van der Waals surface area contributed by atoms with Crippen LogP contribution in [-0.2, 0) is 14.6 Å². The van der Waals surface area contributed by atoms with Crippen LogP contribution in [0, 0.1) is 5.92 Å². The smallest absolute Gasteiger partial charge is 0.241 e. The lowest BCUT2D eigenvalue weighted by Gasteiger charge is -2.16. The molecule has 0 radical (unpaired) electrons. The van der Waals surface area contributed by atoms with Crippen LogP contribution in [0.5, 0.6) is 0 Å². The molecular formula is C14H20N2O3S. The summed E-state index contributed by atoms with van der Waals surface area (Å²) in [6.45, 7) is 2.34. The summed E-state index contributed by atoms with van der Waals surface area (Å²) in [5, 5.41) is 5.92. The van der Waals surface area contributed by atoms with Crippen LogP contribution >= 0.6 is 0 Å². The maximum Gasteiger partial charge on any atom is 0.241 e. The summed E-state index contributed by atoms with van der Waals surface area (Å²) in [7, 11) is -2.85. The third-order valence-electron chi connectivity index (χ3n) is 3.47.